The van der Waals surface area contributed by atoms with Gasteiger partial charge in [-0.1, -0.05) is 33.6 Å². The summed E-state index contributed by atoms with van der Waals surface area (Å²) >= 11 is 0. The summed E-state index contributed by atoms with van der Waals surface area (Å²) in [4.78, 5) is 2.40. The van der Waals surface area contributed by atoms with Crippen molar-refractivity contribution in [1.29, 1.82) is 0 Å². The molecule has 0 spiro atoms. The van der Waals surface area contributed by atoms with Crippen LogP contribution in [-0.2, 0) is 0 Å². The van der Waals surface area contributed by atoms with Crippen molar-refractivity contribution >= 4 is 0 Å². The molecule has 0 aromatic carbocycles. The molecule has 0 aromatic heterocycles. The molecule has 1 aliphatic rings. The fraction of sp³-hybridized carbons (Fsp3) is 1.00. The van der Waals surface area contributed by atoms with Crippen LogP contribution in [0.2, 0.25) is 0 Å². The number of hydrogen-bond donors (Lipinski definition) is 1. The Labute approximate surface area is 101 Å². The molecule has 0 unspecified atom stereocenters. The highest BCUT2D eigenvalue weighted by Crippen LogP contribution is 2.39. The Hall–Kier alpha value is -0.0800. The van der Waals surface area contributed by atoms with Crippen molar-refractivity contribution in [3.63, 3.8) is 0 Å². The average Bonchev–Trinajstić information content (AvgIpc) is 2.21. The first kappa shape index (κ1) is 14.0. The maximum atomic E-state index is 9.68. The Morgan fingerprint density at radius 1 is 1.31 bits per heavy atom. The van der Waals surface area contributed by atoms with Gasteiger partial charge in [0.25, 0.3) is 0 Å². The molecule has 0 bridgehead atoms. The topological polar surface area (TPSA) is 23.5 Å². The van der Waals surface area contributed by atoms with Gasteiger partial charge >= 0.3 is 0 Å². The second-order valence-electron chi connectivity index (χ2n) is 6.43. The highest BCUT2D eigenvalue weighted by Gasteiger charge is 2.34. The second-order valence-corrected chi connectivity index (χ2v) is 6.43. The van der Waals surface area contributed by atoms with Gasteiger partial charge in [0.1, 0.15) is 0 Å². The fourth-order valence-electron chi connectivity index (χ4n) is 3.00. The van der Waals surface area contributed by atoms with Gasteiger partial charge in [0.05, 0.1) is 0 Å². The predicted molar refractivity (Wildman–Crippen MR) is 69.5 cm³/mol. The Morgan fingerprint density at radius 2 is 1.88 bits per heavy atom. The summed E-state index contributed by atoms with van der Waals surface area (Å²) in [7, 11) is 2.19. The van der Waals surface area contributed by atoms with Crippen molar-refractivity contribution in [2.75, 3.05) is 26.7 Å². The van der Waals surface area contributed by atoms with Gasteiger partial charge in [-0.3, -0.25) is 0 Å². The fourth-order valence-corrected chi connectivity index (χ4v) is 3.00. The zero-order valence-electron chi connectivity index (χ0n) is 11.5. The van der Waals surface area contributed by atoms with Gasteiger partial charge in [0.15, 0.2) is 0 Å². The van der Waals surface area contributed by atoms with Crippen molar-refractivity contribution in [3.8, 4) is 0 Å². The summed E-state index contributed by atoms with van der Waals surface area (Å²) in [6.07, 6.45) is 4.98. The van der Waals surface area contributed by atoms with Gasteiger partial charge in [-0.25, -0.2) is 0 Å². The zero-order valence-corrected chi connectivity index (χ0v) is 11.5. The summed E-state index contributed by atoms with van der Waals surface area (Å²) in [5.74, 6) is 1.57. The molecular formula is C14H29NO. The van der Waals surface area contributed by atoms with Crippen LogP contribution in [0.3, 0.4) is 0 Å². The molecule has 1 N–H and O–H groups in total. The van der Waals surface area contributed by atoms with E-state index < -0.39 is 0 Å². The van der Waals surface area contributed by atoms with Crippen molar-refractivity contribution in [2.24, 2.45) is 17.3 Å². The van der Waals surface area contributed by atoms with Crippen LogP contribution in [-0.4, -0.2) is 36.8 Å². The van der Waals surface area contributed by atoms with E-state index in [1.165, 1.54) is 25.7 Å². The molecular weight excluding hydrogens is 198 g/mol. The van der Waals surface area contributed by atoms with E-state index in [-0.39, 0.29) is 5.41 Å². The van der Waals surface area contributed by atoms with Crippen molar-refractivity contribution in [2.45, 2.75) is 46.5 Å². The third-order valence-electron chi connectivity index (χ3n) is 3.95. The molecule has 2 nitrogen and oxygen atoms in total. The second kappa shape index (κ2) is 6.02. The van der Waals surface area contributed by atoms with Crippen molar-refractivity contribution in [1.82, 2.24) is 4.90 Å². The molecule has 0 radical (unpaired) electrons. The number of aliphatic hydroxyl groups excluding tert-OH is 1. The molecule has 0 heterocycles. The smallest absolute Gasteiger partial charge is 0.0499 e. The Bertz CT molecular complexity index is 195. The minimum Gasteiger partial charge on any atom is -0.396 e. The Balaban J connectivity index is 2.47. The molecule has 16 heavy (non-hydrogen) atoms. The highest BCUT2D eigenvalue weighted by molar-refractivity contribution is 4.86. The van der Waals surface area contributed by atoms with E-state index in [9.17, 15) is 5.11 Å². The van der Waals surface area contributed by atoms with Gasteiger partial charge in [-0.05, 0) is 31.7 Å². The van der Waals surface area contributed by atoms with Crippen molar-refractivity contribution in [3.05, 3.63) is 0 Å². The third-order valence-corrected chi connectivity index (χ3v) is 3.95. The zero-order chi connectivity index (χ0) is 12.2. The lowest BCUT2D eigenvalue weighted by Gasteiger charge is -2.41. The summed E-state index contributed by atoms with van der Waals surface area (Å²) in [6.45, 7) is 9.41. The molecule has 0 aliphatic heterocycles. The minimum absolute atomic E-state index is 0.191. The molecule has 0 atom stereocenters. The molecule has 1 rings (SSSR count). The van der Waals surface area contributed by atoms with Gasteiger partial charge in [0, 0.05) is 25.1 Å². The molecule has 1 saturated carbocycles. The number of rotatable bonds is 5. The molecule has 0 saturated heterocycles. The van der Waals surface area contributed by atoms with Crippen LogP contribution in [0.5, 0.6) is 0 Å². The van der Waals surface area contributed by atoms with Crippen LogP contribution in [0.25, 0.3) is 0 Å². The first-order valence-corrected chi connectivity index (χ1v) is 6.77. The Morgan fingerprint density at radius 3 is 2.31 bits per heavy atom. The lowest BCUT2D eigenvalue weighted by Crippen LogP contribution is -2.42. The van der Waals surface area contributed by atoms with Gasteiger partial charge in [-0.15, -0.1) is 0 Å². The summed E-state index contributed by atoms with van der Waals surface area (Å²) in [5.41, 5.74) is 0.191. The monoisotopic (exact) mass is 227 g/mol. The van der Waals surface area contributed by atoms with Crippen LogP contribution in [0.15, 0.2) is 0 Å². The lowest BCUT2D eigenvalue weighted by atomic mass is 9.71. The standard InChI is InChI=1S/C14H29NO/c1-12(2)9-15(4)10-14(11-16)7-5-13(3)6-8-14/h12-13,16H,5-11H2,1-4H3. The van der Waals surface area contributed by atoms with Gasteiger partial charge in [-0.2, -0.15) is 0 Å². The van der Waals surface area contributed by atoms with E-state index in [0.717, 1.165) is 19.0 Å². The first-order chi connectivity index (χ1) is 7.47. The maximum absolute atomic E-state index is 9.68. The van der Waals surface area contributed by atoms with E-state index in [1.807, 2.05) is 0 Å². The van der Waals surface area contributed by atoms with Gasteiger partial charge < -0.3 is 10.0 Å². The van der Waals surface area contributed by atoms with Crippen molar-refractivity contribution < 1.29 is 5.11 Å². The largest absolute Gasteiger partial charge is 0.396 e. The summed E-state index contributed by atoms with van der Waals surface area (Å²) in [5, 5.41) is 9.68. The average molecular weight is 227 g/mol. The SMILES string of the molecule is CC(C)CN(C)CC1(CO)CCC(C)CC1. The minimum atomic E-state index is 0.191. The molecule has 0 aromatic rings. The normalized spacial score (nSPS) is 31.3. The van der Waals surface area contributed by atoms with Gasteiger partial charge in [0.2, 0.25) is 0 Å². The number of hydrogen-bond acceptors (Lipinski definition) is 2. The predicted octanol–water partition coefficient (Wildman–Crippen LogP) is 2.76. The van der Waals surface area contributed by atoms with Crippen LogP contribution in [0.1, 0.15) is 46.5 Å². The van der Waals surface area contributed by atoms with E-state index in [4.69, 9.17) is 0 Å². The van der Waals surface area contributed by atoms with E-state index in [0.29, 0.717) is 12.5 Å². The molecule has 96 valence electrons. The number of nitrogens with zero attached hydrogens (tertiary/aromatic N) is 1. The molecule has 2 heteroatoms. The van der Waals surface area contributed by atoms with Crippen LogP contribution >= 0.6 is 0 Å². The number of aliphatic hydroxyl groups is 1. The third kappa shape index (κ3) is 4.06. The van der Waals surface area contributed by atoms with Crippen LogP contribution in [0, 0.1) is 17.3 Å². The molecule has 1 aliphatic carbocycles. The van der Waals surface area contributed by atoms with E-state index in [1.54, 1.807) is 0 Å². The maximum Gasteiger partial charge on any atom is 0.0499 e. The lowest BCUT2D eigenvalue weighted by molar-refractivity contribution is 0.0339. The molecule has 0 amide bonds. The highest BCUT2D eigenvalue weighted by atomic mass is 16.3. The quantitative estimate of drug-likeness (QED) is 0.780. The first-order valence-electron chi connectivity index (χ1n) is 6.77. The summed E-state index contributed by atoms with van der Waals surface area (Å²) < 4.78 is 0. The Kier molecular flexibility index (Phi) is 5.26. The van der Waals surface area contributed by atoms with E-state index >= 15 is 0 Å². The van der Waals surface area contributed by atoms with Crippen LogP contribution in [0.4, 0.5) is 0 Å². The molecule has 1 fully saturated rings. The van der Waals surface area contributed by atoms with Crippen LogP contribution < -0.4 is 0 Å². The summed E-state index contributed by atoms with van der Waals surface area (Å²) in [6, 6.07) is 0. The van der Waals surface area contributed by atoms with E-state index in [2.05, 4.69) is 32.7 Å².